The van der Waals surface area contributed by atoms with Gasteiger partial charge in [-0.1, -0.05) is 60.7 Å². The summed E-state index contributed by atoms with van der Waals surface area (Å²) in [4.78, 5) is 4.23. The van der Waals surface area contributed by atoms with Crippen molar-refractivity contribution in [2.24, 2.45) is 0 Å². The second kappa shape index (κ2) is 7.75. The maximum Gasteiger partial charge on any atom is 0.0948 e. The molecule has 0 radical (unpaired) electrons. The van der Waals surface area contributed by atoms with Gasteiger partial charge in [-0.25, -0.2) is 4.98 Å². The quantitative estimate of drug-likeness (QED) is 0.720. The van der Waals surface area contributed by atoms with Gasteiger partial charge in [0, 0.05) is 18.4 Å². The Hall–Kier alpha value is -2.39. The van der Waals surface area contributed by atoms with E-state index in [1.165, 1.54) is 16.8 Å². The molecule has 0 amide bonds. The zero-order valence-corrected chi connectivity index (χ0v) is 13.5. The van der Waals surface area contributed by atoms with Gasteiger partial charge in [-0.2, -0.15) is 0 Å². The number of aryl methyl sites for hydroxylation is 1. The minimum absolute atomic E-state index is 0.285. The molecule has 0 fully saturated rings. The van der Waals surface area contributed by atoms with Gasteiger partial charge in [0.25, 0.3) is 0 Å². The van der Waals surface area contributed by atoms with E-state index >= 15 is 0 Å². The van der Waals surface area contributed by atoms with Crippen LogP contribution in [0.25, 0.3) is 0 Å². The first-order valence-corrected chi connectivity index (χ1v) is 8.12. The van der Waals surface area contributed by atoms with Crippen LogP contribution in [0.1, 0.15) is 22.9 Å². The summed E-state index contributed by atoms with van der Waals surface area (Å²) in [5.41, 5.74) is 3.87. The molecule has 1 unspecified atom stereocenters. The third-order valence-corrected chi connectivity index (χ3v) is 4.15. The molecule has 118 valence electrons. The summed E-state index contributed by atoms with van der Waals surface area (Å²) in [6, 6.07) is 21.5. The number of aromatic nitrogens is 2. The van der Waals surface area contributed by atoms with Crippen LogP contribution in [0, 0.1) is 6.92 Å². The van der Waals surface area contributed by atoms with Crippen molar-refractivity contribution < 1.29 is 0 Å². The monoisotopic (exact) mass is 305 g/mol. The Bertz CT molecular complexity index is 704. The predicted molar refractivity (Wildman–Crippen MR) is 94.3 cm³/mol. The number of hydrogen-bond acceptors (Lipinski definition) is 2. The SMILES string of the molecule is Cc1cncn1CC(NCCc1ccccc1)c1ccccc1. The first-order chi connectivity index (χ1) is 11.3. The van der Waals surface area contributed by atoms with Crippen molar-refractivity contribution in [3.63, 3.8) is 0 Å². The third kappa shape index (κ3) is 4.30. The van der Waals surface area contributed by atoms with Crippen molar-refractivity contribution in [3.05, 3.63) is 90.0 Å². The molecule has 0 spiro atoms. The fourth-order valence-corrected chi connectivity index (χ4v) is 2.78. The van der Waals surface area contributed by atoms with Crippen LogP contribution in [0.5, 0.6) is 0 Å². The third-order valence-electron chi connectivity index (χ3n) is 4.15. The van der Waals surface area contributed by atoms with E-state index < -0.39 is 0 Å². The summed E-state index contributed by atoms with van der Waals surface area (Å²) in [7, 11) is 0. The molecule has 3 aromatic rings. The van der Waals surface area contributed by atoms with Crippen molar-refractivity contribution in [1.82, 2.24) is 14.9 Å². The van der Waals surface area contributed by atoms with Gasteiger partial charge in [-0.15, -0.1) is 0 Å². The average molecular weight is 305 g/mol. The minimum Gasteiger partial charge on any atom is -0.333 e. The van der Waals surface area contributed by atoms with Crippen molar-refractivity contribution in [3.8, 4) is 0 Å². The van der Waals surface area contributed by atoms with E-state index in [9.17, 15) is 0 Å². The van der Waals surface area contributed by atoms with Crippen molar-refractivity contribution in [2.75, 3.05) is 6.54 Å². The number of rotatable bonds is 7. The first-order valence-electron chi connectivity index (χ1n) is 8.12. The number of nitrogens with zero attached hydrogens (tertiary/aromatic N) is 2. The van der Waals surface area contributed by atoms with E-state index in [4.69, 9.17) is 0 Å². The molecule has 1 aromatic heterocycles. The molecule has 0 aliphatic rings. The van der Waals surface area contributed by atoms with Gasteiger partial charge in [-0.05, 0) is 31.0 Å². The van der Waals surface area contributed by atoms with Crippen LogP contribution in [0.3, 0.4) is 0 Å². The van der Waals surface area contributed by atoms with Crippen molar-refractivity contribution in [1.29, 1.82) is 0 Å². The molecule has 1 atom stereocenters. The lowest BCUT2D eigenvalue weighted by Crippen LogP contribution is -2.27. The lowest BCUT2D eigenvalue weighted by Gasteiger charge is -2.21. The highest BCUT2D eigenvalue weighted by molar-refractivity contribution is 5.20. The smallest absolute Gasteiger partial charge is 0.0948 e. The number of benzene rings is 2. The molecule has 0 saturated heterocycles. The molecule has 2 aromatic carbocycles. The first kappa shape index (κ1) is 15.5. The van der Waals surface area contributed by atoms with E-state index in [-0.39, 0.29) is 6.04 Å². The van der Waals surface area contributed by atoms with Crippen molar-refractivity contribution in [2.45, 2.75) is 25.9 Å². The maximum absolute atomic E-state index is 4.23. The van der Waals surface area contributed by atoms with E-state index in [1.54, 1.807) is 0 Å². The second-order valence-corrected chi connectivity index (χ2v) is 5.84. The van der Waals surface area contributed by atoms with Gasteiger partial charge >= 0.3 is 0 Å². The fraction of sp³-hybridized carbons (Fsp3) is 0.250. The molecule has 3 nitrogen and oxygen atoms in total. The van der Waals surface area contributed by atoms with Crippen LogP contribution in [-0.2, 0) is 13.0 Å². The molecule has 0 saturated carbocycles. The molecular weight excluding hydrogens is 282 g/mol. The van der Waals surface area contributed by atoms with Crippen molar-refractivity contribution >= 4 is 0 Å². The molecule has 1 N–H and O–H groups in total. The Kier molecular flexibility index (Phi) is 5.22. The Morgan fingerprint density at radius 3 is 2.35 bits per heavy atom. The highest BCUT2D eigenvalue weighted by Crippen LogP contribution is 2.16. The van der Waals surface area contributed by atoms with Crippen LogP contribution in [0.15, 0.2) is 73.2 Å². The molecular formula is C20H23N3. The van der Waals surface area contributed by atoms with E-state index in [1.807, 2.05) is 12.5 Å². The molecule has 0 aliphatic carbocycles. The number of imidazole rings is 1. The Morgan fingerprint density at radius 1 is 1.00 bits per heavy atom. The van der Waals surface area contributed by atoms with E-state index in [2.05, 4.69) is 82.5 Å². The Labute approximate surface area is 138 Å². The van der Waals surface area contributed by atoms with Gasteiger partial charge in [0.15, 0.2) is 0 Å². The van der Waals surface area contributed by atoms with Crippen LogP contribution < -0.4 is 5.32 Å². The highest BCUT2D eigenvalue weighted by atomic mass is 15.1. The fourth-order valence-electron chi connectivity index (χ4n) is 2.78. The summed E-state index contributed by atoms with van der Waals surface area (Å²) in [6.45, 7) is 3.95. The molecule has 0 aliphatic heterocycles. The lowest BCUT2D eigenvalue weighted by molar-refractivity contribution is 0.461. The molecule has 0 bridgehead atoms. The molecule has 3 heteroatoms. The Balaban J connectivity index is 1.67. The molecule has 23 heavy (non-hydrogen) atoms. The van der Waals surface area contributed by atoms with Gasteiger partial charge in [0.05, 0.1) is 12.4 Å². The van der Waals surface area contributed by atoms with Crippen LogP contribution in [0.4, 0.5) is 0 Å². The molecule has 3 rings (SSSR count). The number of nitrogens with one attached hydrogen (secondary N) is 1. The van der Waals surface area contributed by atoms with Gasteiger partial charge in [0.2, 0.25) is 0 Å². The lowest BCUT2D eigenvalue weighted by atomic mass is 10.1. The molecule has 1 heterocycles. The summed E-state index contributed by atoms with van der Waals surface area (Å²) in [5.74, 6) is 0. The van der Waals surface area contributed by atoms with Gasteiger partial charge < -0.3 is 9.88 Å². The average Bonchev–Trinajstić information content (AvgIpc) is 3.01. The minimum atomic E-state index is 0.285. The van der Waals surface area contributed by atoms with Crippen LogP contribution >= 0.6 is 0 Å². The number of hydrogen-bond donors (Lipinski definition) is 1. The summed E-state index contributed by atoms with van der Waals surface area (Å²) < 4.78 is 2.20. The standard InChI is InChI=1S/C20H23N3/c1-17-14-21-16-23(17)15-20(19-10-6-3-7-11-19)22-13-12-18-8-4-2-5-9-18/h2-11,14,16,20,22H,12-13,15H2,1H3. The predicted octanol–water partition coefficient (Wildman–Crippen LogP) is 3.77. The summed E-state index contributed by atoms with van der Waals surface area (Å²) in [5, 5.41) is 3.70. The summed E-state index contributed by atoms with van der Waals surface area (Å²) in [6.07, 6.45) is 4.85. The van der Waals surface area contributed by atoms with Crippen LogP contribution in [-0.4, -0.2) is 16.1 Å². The summed E-state index contributed by atoms with van der Waals surface area (Å²) >= 11 is 0. The maximum atomic E-state index is 4.23. The van der Waals surface area contributed by atoms with Crippen LogP contribution in [0.2, 0.25) is 0 Å². The Morgan fingerprint density at radius 2 is 1.70 bits per heavy atom. The topological polar surface area (TPSA) is 29.9 Å². The van der Waals surface area contributed by atoms with E-state index in [0.29, 0.717) is 0 Å². The normalized spacial score (nSPS) is 12.2. The second-order valence-electron chi connectivity index (χ2n) is 5.84. The zero-order chi connectivity index (χ0) is 15.9. The largest absolute Gasteiger partial charge is 0.333 e. The highest BCUT2D eigenvalue weighted by Gasteiger charge is 2.12. The van der Waals surface area contributed by atoms with Gasteiger partial charge in [-0.3, -0.25) is 0 Å². The zero-order valence-electron chi connectivity index (χ0n) is 13.5. The van der Waals surface area contributed by atoms with Gasteiger partial charge in [0.1, 0.15) is 0 Å². The van der Waals surface area contributed by atoms with E-state index in [0.717, 1.165) is 19.5 Å².